The second kappa shape index (κ2) is 11.6. The average Bonchev–Trinajstić information content (AvgIpc) is 3.29. The number of hydrogen-bond donors (Lipinski definition) is 3. The lowest BCUT2D eigenvalue weighted by molar-refractivity contribution is -0.180. The van der Waals surface area contributed by atoms with Crippen molar-refractivity contribution in [2.45, 2.75) is 28.9 Å². The van der Waals surface area contributed by atoms with Crippen molar-refractivity contribution in [1.82, 2.24) is 9.55 Å². The number of rotatable bonds is 9. The highest BCUT2D eigenvalue weighted by Gasteiger charge is 2.59. The van der Waals surface area contributed by atoms with Crippen molar-refractivity contribution in [2.24, 2.45) is 0 Å². The number of methoxy groups -OCH3 is 1. The molecule has 11 heteroatoms. The molecule has 0 aliphatic carbocycles. The molecule has 214 valence electrons. The first kappa shape index (κ1) is 28.7. The van der Waals surface area contributed by atoms with Gasteiger partial charge in [-0.25, -0.2) is 4.79 Å². The second-order valence-electron chi connectivity index (χ2n) is 9.66. The van der Waals surface area contributed by atoms with Crippen LogP contribution in [0.3, 0.4) is 0 Å². The zero-order valence-corrected chi connectivity index (χ0v) is 22.7. The third-order valence-electron chi connectivity index (χ3n) is 7.33. The van der Waals surface area contributed by atoms with Crippen LogP contribution in [0.5, 0.6) is 5.75 Å². The van der Waals surface area contributed by atoms with Gasteiger partial charge in [0.1, 0.15) is 28.4 Å². The van der Waals surface area contributed by atoms with Crippen LogP contribution < -0.4 is 16.0 Å². The predicted molar refractivity (Wildman–Crippen MR) is 149 cm³/mol. The number of alkyl halides is 1. The summed E-state index contributed by atoms with van der Waals surface area (Å²) < 4.78 is 33.4. The van der Waals surface area contributed by atoms with Gasteiger partial charge in [-0.3, -0.25) is 14.3 Å². The van der Waals surface area contributed by atoms with E-state index >= 15 is 0 Å². The lowest BCUT2D eigenvalue weighted by atomic mass is 9.79. The van der Waals surface area contributed by atoms with E-state index in [1.807, 2.05) is 77.8 Å². The topological polar surface area (TPSA) is 123 Å². The van der Waals surface area contributed by atoms with E-state index in [-0.39, 0.29) is 0 Å². The van der Waals surface area contributed by atoms with Crippen LogP contribution in [0.25, 0.3) is 0 Å². The van der Waals surface area contributed by atoms with Crippen molar-refractivity contribution in [2.75, 3.05) is 20.3 Å². The van der Waals surface area contributed by atoms with Crippen LogP contribution in [0.2, 0.25) is 0 Å². The number of nitrogens with one attached hydrogen (secondary N) is 1. The normalized spacial score (nSPS) is 20.2. The third-order valence-corrected chi connectivity index (χ3v) is 7.77. The molecule has 5 rings (SSSR count). The summed E-state index contributed by atoms with van der Waals surface area (Å²) in [6.07, 6.45) is -2.01. The van der Waals surface area contributed by atoms with Crippen LogP contribution in [0.1, 0.15) is 22.9 Å². The zero-order valence-electron chi connectivity index (χ0n) is 21.9. The lowest BCUT2D eigenvalue weighted by Crippen LogP contribution is -2.53. The fourth-order valence-electron chi connectivity index (χ4n) is 5.22. The van der Waals surface area contributed by atoms with E-state index in [0.717, 1.165) is 4.57 Å². The van der Waals surface area contributed by atoms with Gasteiger partial charge in [-0.05, 0) is 28.8 Å². The maximum absolute atomic E-state index is 14.2. The Kier molecular flexibility index (Phi) is 8.12. The third kappa shape index (κ3) is 4.98. The molecule has 3 atom stereocenters. The Morgan fingerprint density at radius 1 is 0.951 bits per heavy atom. The second-order valence-corrected chi connectivity index (χ2v) is 10.2. The molecule has 3 N–H and O–H groups in total. The molecule has 0 saturated carbocycles. The zero-order chi connectivity index (χ0) is 29.2. The van der Waals surface area contributed by atoms with Gasteiger partial charge < -0.3 is 24.4 Å². The number of aliphatic hydroxyl groups excluding tert-OH is 2. The Balaban J connectivity index is 1.73. The highest BCUT2D eigenvalue weighted by atomic mass is 35.5. The number of benzene rings is 3. The summed E-state index contributed by atoms with van der Waals surface area (Å²) in [6, 6.07) is 25.8. The van der Waals surface area contributed by atoms with E-state index in [0.29, 0.717) is 28.6 Å². The summed E-state index contributed by atoms with van der Waals surface area (Å²) in [5, 5.41) is 19.9. The molecule has 3 aromatic carbocycles. The van der Waals surface area contributed by atoms with Crippen molar-refractivity contribution in [1.29, 1.82) is 0 Å². The quantitative estimate of drug-likeness (QED) is 0.205. The fraction of sp³-hybridized carbons (Fsp3) is 0.267. The first-order valence-electron chi connectivity index (χ1n) is 12.8. The largest absolute Gasteiger partial charge is 0.497 e. The lowest BCUT2D eigenvalue weighted by Gasteiger charge is -2.42. The van der Waals surface area contributed by atoms with Crippen LogP contribution in [-0.4, -0.2) is 57.2 Å². The molecule has 0 radical (unpaired) electrons. The minimum atomic E-state index is -1.83. The number of ether oxygens (including phenoxy) is 3. The number of halogens is 2. The van der Waals surface area contributed by atoms with E-state index in [9.17, 15) is 24.2 Å². The molecule has 41 heavy (non-hydrogen) atoms. The minimum Gasteiger partial charge on any atom is -0.497 e. The molecule has 2 heterocycles. The Labute approximate surface area is 239 Å². The summed E-state index contributed by atoms with van der Waals surface area (Å²) >= 11 is 6.93. The maximum Gasteiger partial charge on any atom is 0.330 e. The molecule has 0 amide bonds. The molecule has 0 spiro atoms. The van der Waals surface area contributed by atoms with Crippen molar-refractivity contribution in [3.05, 3.63) is 134 Å². The Morgan fingerprint density at radius 2 is 1.49 bits per heavy atom. The number of aromatic amines is 1. The van der Waals surface area contributed by atoms with E-state index in [2.05, 4.69) is 0 Å². The van der Waals surface area contributed by atoms with Crippen LogP contribution >= 0.6 is 11.6 Å². The van der Waals surface area contributed by atoms with Gasteiger partial charge in [0.25, 0.3) is 5.56 Å². The standard InChI is InChI=1S/C30H28ClFN2O7/c1-39-22-14-12-21(13-15-22)30(19-8-4-2-5-9-19,20-10-6-3-7-11-20)40-25-24(31)27(41-29(25,17-35)18-36)34-16-23(32)26(37)33-28(34)38/h2-16,24-25,27,35-36H,17-18H2,1H3,(H,33,37,38)/t24-,25-,27+/m0/s1. The van der Waals surface area contributed by atoms with Gasteiger partial charge in [0.05, 0.1) is 26.5 Å². The van der Waals surface area contributed by atoms with E-state index in [1.165, 1.54) is 0 Å². The van der Waals surface area contributed by atoms with Gasteiger partial charge in [0.15, 0.2) is 6.23 Å². The van der Waals surface area contributed by atoms with E-state index in [1.54, 1.807) is 19.2 Å². The van der Waals surface area contributed by atoms with Crippen LogP contribution in [0.4, 0.5) is 4.39 Å². The Bertz CT molecular complexity index is 1550. The molecular formula is C30H28ClFN2O7. The first-order chi connectivity index (χ1) is 19.8. The molecule has 9 nitrogen and oxygen atoms in total. The van der Waals surface area contributed by atoms with Crippen molar-refractivity contribution < 1.29 is 28.8 Å². The molecule has 4 aromatic rings. The Hall–Kier alpha value is -3.80. The van der Waals surface area contributed by atoms with Crippen molar-refractivity contribution in [3.63, 3.8) is 0 Å². The molecule has 1 saturated heterocycles. The monoisotopic (exact) mass is 582 g/mol. The van der Waals surface area contributed by atoms with Gasteiger partial charge in [0, 0.05) is 0 Å². The summed E-state index contributed by atoms with van der Waals surface area (Å²) in [6.45, 7) is -1.51. The fourth-order valence-corrected chi connectivity index (χ4v) is 5.67. The SMILES string of the molecule is COc1ccc(C(O[C@H]2[C@H](Cl)[C@H](n3cc(F)c(=O)[nH]c3=O)OC2(CO)CO)(c2ccccc2)c2ccccc2)cc1. The number of aliphatic hydroxyl groups is 2. The summed E-state index contributed by atoms with van der Waals surface area (Å²) in [4.78, 5) is 26.2. The number of hydrogen-bond acceptors (Lipinski definition) is 7. The van der Waals surface area contributed by atoms with Gasteiger partial charge in [-0.1, -0.05) is 72.8 Å². The molecule has 1 fully saturated rings. The molecule has 1 aliphatic rings. The molecule has 1 aromatic heterocycles. The summed E-state index contributed by atoms with van der Waals surface area (Å²) in [5.41, 5.74) is -3.33. The maximum atomic E-state index is 14.2. The summed E-state index contributed by atoms with van der Waals surface area (Å²) in [7, 11) is 1.56. The first-order valence-corrected chi connectivity index (χ1v) is 13.2. The number of H-pyrrole nitrogens is 1. The van der Waals surface area contributed by atoms with E-state index < -0.39 is 59.2 Å². The van der Waals surface area contributed by atoms with Gasteiger partial charge in [0.2, 0.25) is 5.82 Å². The number of aromatic nitrogens is 2. The Morgan fingerprint density at radius 3 is 2.00 bits per heavy atom. The molecule has 0 bridgehead atoms. The number of nitrogens with zero attached hydrogens (tertiary/aromatic N) is 1. The van der Waals surface area contributed by atoms with Gasteiger partial charge in [-0.2, -0.15) is 4.39 Å². The molecule has 1 aliphatic heterocycles. The predicted octanol–water partition coefficient (Wildman–Crippen LogP) is 2.92. The van der Waals surface area contributed by atoms with Gasteiger partial charge >= 0.3 is 5.69 Å². The van der Waals surface area contributed by atoms with E-state index in [4.69, 9.17) is 25.8 Å². The molecule has 0 unspecified atom stereocenters. The van der Waals surface area contributed by atoms with Crippen LogP contribution in [-0.2, 0) is 15.1 Å². The van der Waals surface area contributed by atoms with Crippen molar-refractivity contribution >= 4 is 11.6 Å². The minimum absolute atomic E-state index is 0.614. The van der Waals surface area contributed by atoms with Crippen LogP contribution in [0, 0.1) is 5.82 Å². The molecular weight excluding hydrogens is 555 g/mol. The highest BCUT2D eigenvalue weighted by Crippen LogP contribution is 2.49. The van der Waals surface area contributed by atoms with Crippen LogP contribution in [0.15, 0.2) is 101 Å². The van der Waals surface area contributed by atoms with Crippen molar-refractivity contribution in [3.8, 4) is 5.75 Å². The summed E-state index contributed by atoms with van der Waals surface area (Å²) in [5.74, 6) is -0.621. The average molecular weight is 583 g/mol. The van der Waals surface area contributed by atoms with Gasteiger partial charge in [-0.15, -0.1) is 11.6 Å². The smallest absolute Gasteiger partial charge is 0.330 e. The highest BCUT2D eigenvalue weighted by molar-refractivity contribution is 6.21.